The van der Waals surface area contributed by atoms with Crippen molar-refractivity contribution in [2.45, 2.75) is 310 Å². The maximum atomic E-state index is 4.31. The van der Waals surface area contributed by atoms with Gasteiger partial charge in [0.05, 0.1) is 22.7 Å². The quantitative estimate of drug-likeness (QED) is 0.0481. The first kappa shape index (κ1) is 75.2. The Bertz CT molecular complexity index is 4750. The van der Waals surface area contributed by atoms with Crippen molar-refractivity contribution in [2.24, 2.45) is 0 Å². The molecule has 0 unspecified atom stereocenters. The summed E-state index contributed by atoms with van der Waals surface area (Å²) in [6, 6.07) is 53.9. The number of anilines is 12. The van der Waals surface area contributed by atoms with Gasteiger partial charge in [-0.25, -0.2) is 0 Å². The van der Waals surface area contributed by atoms with Crippen LogP contribution in [0, 0.1) is 0 Å². The van der Waals surface area contributed by atoms with Gasteiger partial charge in [0, 0.05) is 89.1 Å². The Morgan fingerprint density at radius 2 is 0.463 bits per heavy atom. The predicted octanol–water partition coefficient (Wildman–Crippen LogP) is 30.0. The molecule has 6 aliphatic rings. The fraction of sp³-hybridized carbons (Fsp3) is 0.471. The molecule has 9 aromatic carbocycles. The number of hydrogen-bond acceptors (Lipinski definition) is 6. The third-order valence-corrected chi connectivity index (χ3v) is 27.8. The number of benzene rings is 9. The van der Waals surface area contributed by atoms with Crippen molar-refractivity contribution in [3.63, 3.8) is 0 Å². The van der Waals surface area contributed by atoms with Gasteiger partial charge in [-0.05, 0) is 195 Å². The summed E-state index contributed by atoms with van der Waals surface area (Å²) in [5.41, 5.74) is 38.4. The van der Waals surface area contributed by atoms with Crippen LogP contribution in [-0.4, -0.2) is 0 Å². The molecule has 0 aliphatic carbocycles. The van der Waals surface area contributed by atoms with Gasteiger partial charge in [0.1, 0.15) is 0 Å². The zero-order valence-corrected chi connectivity index (χ0v) is 70.6. The van der Waals surface area contributed by atoms with Crippen molar-refractivity contribution in [3.8, 4) is 22.3 Å². The second-order valence-electron chi connectivity index (χ2n) is 40.5. The summed E-state index contributed by atoms with van der Waals surface area (Å²) in [5.74, 6) is 0. The lowest BCUT2D eigenvalue weighted by Gasteiger charge is -2.46. The van der Waals surface area contributed by atoms with Gasteiger partial charge in [0.15, 0.2) is 0 Å². The number of rotatable bonds is 18. The van der Waals surface area contributed by atoms with E-state index in [2.05, 4.69) is 332 Å². The Hall–Kier alpha value is -8.22. The number of unbranched alkanes of at least 4 members (excludes halogenated alkanes) is 10. The van der Waals surface area contributed by atoms with Gasteiger partial charge in [-0.2, -0.15) is 0 Å². The highest BCUT2D eigenvalue weighted by atomic mass is 15.0. The average Bonchev–Trinajstić information content (AvgIpc) is 0.693. The molecule has 6 N–H and O–H groups in total. The summed E-state index contributed by atoms with van der Waals surface area (Å²) in [6.07, 6.45) is 18.2. The van der Waals surface area contributed by atoms with E-state index in [1.807, 2.05) is 0 Å². The normalized spacial score (nSPS) is 17.2. The van der Waals surface area contributed by atoms with Crippen molar-refractivity contribution < 1.29 is 0 Å². The third kappa shape index (κ3) is 12.4. The molecular weight excluding hydrogens is 1310 g/mol. The van der Waals surface area contributed by atoms with Crippen molar-refractivity contribution in [1.29, 1.82) is 0 Å². The molecule has 0 amide bonds. The summed E-state index contributed by atoms with van der Waals surface area (Å²) in [7, 11) is 0. The molecule has 6 nitrogen and oxygen atoms in total. The van der Waals surface area contributed by atoms with Crippen LogP contribution in [0.15, 0.2) is 133 Å². The molecule has 566 valence electrons. The Balaban J connectivity index is 0.824. The molecule has 0 aromatic heterocycles. The van der Waals surface area contributed by atoms with Crippen LogP contribution in [-0.2, 0) is 54.1 Å². The summed E-state index contributed by atoms with van der Waals surface area (Å²) in [5, 5.41) is 25.2. The second-order valence-corrected chi connectivity index (χ2v) is 40.5. The molecule has 0 saturated carbocycles. The van der Waals surface area contributed by atoms with Crippen molar-refractivity contribution >= 4 is 68.2 Å². The lowest BCUT2D eigenvalue weighted by molar-refractivity contribution is 0.441. The number of fused-ring (bicyclic) bond motifs is 12. The van der Waals surface area contributed by atoms with Crippen molar-refractivity contribution in [2.75, 3.05) is 31.9 Å². The topological polar surface area (TPSA) is 72.2 Å². The van der Waals surface area contributed by atoms with E-state index in [-0.39, 0.29) is 43.3 Å². The summed E-state index contributed by atoms with van der Waals surface area (Å²) < 4.78 is 0. The zero-order chi connectivity index (χ0) is 77.2. The minimum Gasteiger partial charge on any atom is -0.355 e. The molecule has 0 atom stereocenters. The molecule has 9 aromatic rings. The van der Waals surface area contributed by atoms with E-state index in [4.69, 9.17) is 0 Å². The highest BCUT2D eigenvalue weighted by molar-refractivity contribution is 6.04. The van der Waals surface area contributed by atoms with E-state index in [0.717, 1.165) is 34.1 Å². The highest BCUT2D eigenvalue weighted by Gasteiger charge is 2.48. The van der Waals surface area contributed by atoms with E-state index < -0.39 is 10.8 Å². The molecule has 0 saturated heterocycles. The van der Waals surface area contributed by atoms with Crippen molar-refractivity contribution in [1.82, 2.24) is 0 Å². The van der Waals surface area contributed by atoms with Crippen LogP contribution in [0.5, 0.6) is 0 Å². The van der Waals surface area contributed by atoms with Crippen LogP contribution in [0.4, 0.5) is 68.2 Å². The molecule has 0 fully saturated rings. The SMILES string of the molecule is CCCCCCCCC(C)(C)c1ccc2c(c1)C(C)(C)c1cc3c(cc1N2)Nc1c(cc2c(c1-c1ccc(C(C)(C)C)cc1)Nc1cc4c(cc1C2(C)C)C(C)(C)c1cc2c(c(-c5ccc(C(C)(C)C)cc5)c1N4)Nc1cc4c(cc1C2(C)C)C(C)(C)c1cc(C(C)(C)CCCCCCCC)ccc1N4)C3(C)C. The maximum Gasteiger partial charge on any atom is 0.0526 e. The standard InChI is InChI=1S/C102H128N6/c1-25-27-29-31-33-35-49-95(9,10)65-45-47-79-67(51-65)97(13,14)69-53-71-83(58-81(69)103-79)105-89-75(99(71,17)18)56-77-91(87(89)61-37-41-63(42-38-61)93(3,4)5)107-85-60-86-74(55-73(85)101(77,21)22)102(23,24)78-57-76-90(88(92(78)108-86)62-39-43-64(44-40-62)94(6,7)8)106-84-59-82-70(54-72(84)100(76,19)20)98(15,16)68-52-66(46-48-80(68)104-82)96(11,12)50-36-34-32-30-28-26-2/h37-48,51-60,103-108H,25-36,49-50H2,1-24H3. The van der Waals surface area contributed by atoms with Crippen LogP contribution < -0.4 is 31.9 Å². The summed E-state index contributed by atoms with van der Waals surface area (Å²) >= 11 is 0. The molecule has 15 rings (SSSR count). The minimum atomic E-state index is -0.419. The lowest BCUT2D eigenvalue weighted by atomic mass is 9.64. The van der Waals surface area contributed by atoms with Gasteiger partial charge in [-0.1, -0.05) is 316 Å². The Kier molecular flexibility index (Phi) is 18.3. The lowest BCUT2D eigenvalue weighted by Crippen LogP contribution is -2.34. The number of hydrogen-bond donors (Lipinski definition) is 6. The molecular formula is C102H128N6. The van der Waals surface area contributed by atoms with Crippen molar-refractivity contribution in [3.05, 3.63) is 222 Å². The van der Waals surface area contributed by atoms with Crippen LogP contribution in [0.1, 0.15) is 345 Å². The van der Waals surface area contributed by atoms with E-state index in [1.165, 1.54) is 235 Å². The van der Waals surface area contributed by atoms with E-state index >= 15 is 0 Å². The van der Waals surface area contributed by atoms with Crippen LogP contribution in [0.3, 0.4) is 0 Å². The Morgan fingerprint density at radius 3 is 0.741 bits per heavy atom. The fourth-order valence-electron chi connectivity index (χ4n) is 20.1. The average molecular weight is 1440 g/mol. The van der Waals surface area contributed by atoms with E-state index in [9.17, 15) is 0 Å². The van der Waals surface area contributed by atoms with Gasteiger partial charge in [-0.15, -0.1) is 0 Å². The van der Waals surface area contributed by atoms with Crippen LogP contribution in [0.25, 0.3) is 22.3 Å². The first-order valence-electron chi connectivity index (χ1n) is 41.9. The smallest absolute Gasteiger partial charge is 0.0526 e. The third-order valence-electron chi connectivity index (χ3n) is 27.8. The predicted molar refractivity (Wildman–Crippen MR) is 468 cm³/mol. The Labute approximate surface area is 651 Å². The van der Waals surface area contributed by atoms with Crippen LogP contribution >= 0.6 is 0 Å². The second kappa shape index (κ2) is 26.2. The Morgan fingerprint density at radius 1 is 0.231 bits per heavy atom. The molecule has 0 bridgehead atoms. The van der Waals surface area contributed by atoms with Gasteiger partial charge in [-0.3, -0.25) is 0 Å². The molecule has 108 heavy (non-hydrogen) atoms. The molecule has 6 heteroatoms. The summed E-state index contributed by atoms with van der Waals surface area (Å²) in [6.45, 7) is 58.1. The zero-order valence-electron chi connectivity index (χ0n) is 70.6. The molecule has 6 aliphatic heterocycles. The van der Waals surface area contributed by atoms with Gasteiger partial charge < -0.3 is 31.9 Å². The molecule has 0 spiro atoms. The van der Waals surface area contributed by atoms with Gasteiger partial charge in [0.2, 0.25) is 0 Å². The minimum absolute atomic E-state index is 0.00198. The monoisotopic (exact) mass is 1440 g/mol. The first-order valence-corrected chi connectivity index (χ1v) is 41.9. The van der Waals surface area contributed by atoms with Gasteiger partial charge in [0.25, 0.3) is 0 Å². The molecule has 0 radical (unpaired) electrons. The molecule has 6 heterocycles. The van der Waals surface area contributed by atoms with Crippen LogP contribution in [0.2, 0.25) is 0 Å². The highest BCUT2D eigenvalue weighted by Crippen LogP contribution is 2.64. The van der Waals surface area contributed by atoms with Gasteiger partial charge >= 0.3 is 0 Å². The number of nitrogens with one attached hydrogen (secondary N) is 6. The summed E-state index contributed by atoms with van der Waals surface area (Å²) in [4.78, 5) is 0. The first-order chi connectivity index (χ1) is 50.7. The largest absolute Gasteiger partial charge is 0.355 e. The van der Waals surface area contributed by atoms with E-state index in [1.54, 1.807) is 0 Å². The maximum absolute atomic E-state index is 4.31. The van der Waals surface area contributed by atoms with E-state index in [0.29, 0.717) is 0 Å². The fourth-order valence-corrected chi connectivity index (χ4v) is 20.1.